The molecule has 2 aromatic rings. The molecule has 1 unspecified atom stereocenters. The van der Waals surface area contributed by atoms with Crippen LogP contribution in [0.4, 0.5) is 5.69 Å². The Balaban J connectivity index is 1.56. The van der Waals surface area contributed by atoms with E-state index in [1.807, 2.05) is 30.3 Å². The highest BCUT2D eigenvalue weighted by Crippen LogP contribution is 2.21. The lowest BCUT2D eigenvalue weighted by Gasteiger charge is -2.26. The summed E-state index contributed by atoms with van der Waals surface area (Å²) in [6.07, 6.45) is 5.13. The van der Waals surface area contributed by atoms with Gasteiger partial charge in [-0.2, -0.15) is 0 Å². The Morgan fingerprint density at radius 1 is 1.32 bits per heavy atom. The van der Waals surface area contributed by atoms with Crippen LogP contribution in [-0.4, -0.2) is 30.1 Å². The molecule has 1 aliphatic heterocycles. The molecule has 1 aromatic carbocycles. The van der Waals surface area contributed by atoms with E-state index >= 15 is 0 Å². The number of hydrogen-bond acceptors (Lipinski definition) is 5. The zero-order valence-electron chi connectivity index (χ0n) is 14.1. The monoisotopic (exact) mass is 341 g/mol. The topological polar surface area (TPSA) is 86.5 Å². The zero-order chi connectivity index (χ0) is 17.5. The normalized spacial score (nSPS) is 16.2. The number of amides is 1. The highest BCUT2D eigenvalue weighted by atomic mass is 16.5. The molecule has 6 nitrogen and oxygen atoms in total. The van der Waals surface area contributed by atoms with Crippen LogP contribution in [0.15, 0.2) is 48.8 Å². The largest absolute Gasteiger partial charge is 0.489 e. The van der Waals surface area contributed by atoms with Gasteiger partial charge in [-0.15, -0.1) is 0 Å². The minimum Gasteiger partial charge on any atom is -0.489 e. The molecule has 0 spiro atoms. The molecule has 0 bridgehead atoms. The number of ether oxygens (including phenoxy) is 2. The lowest BCUT2D eigenvalue weighted by Crippen LogP contribution is -2.43. The molecule has 25 heavy (non-hydrogen) atoms. The number of pyridine rings is 1. The predicted molar refractivity (Wildman–Crippen MR) is 95.2 cm³/mol. The number of carbonyl (C=O) groups is 1. The molecule has 1 fully saturated rings. The van der Waals surface area contributed by atoms with Crippen LogP contribution in [0.25, 0.3) is 0 Å². The molecule has 1 aliphatic rings. The van der Waals surface area contributed by atoms with Crippen LogP contribution in [0, 0.1) is 5.92 Å². The third-order valence-electron chi connectivity index (χ3n) is 4.31. The minimum atomic E-state index is -0.524. The fourth-order valence-corrected chi connectivity index (χ4v) is 2.83. The van der Waals surface area contributed by atoms with Crippen molar-refractivity contribution in [2.24, 2.45) is 11.7 Å². The molecular weight excluding hydrogens is 318 g/mol. The summed E-state index contributed by atoms with van der Waals surface area (Å²) in [5.41, 5.74) is 7.77. The highest BCUT2D eigenvalue weighted by Gasteiger charge is 2.26. The predicted octanol–water partition coefficient (Wildman–Crippen LogP) is 2.35. The Bertz CT molecular complexity index is 687. The van der Waals surface area contributed by atoms with Gasteiger partial charge in [0, 0.05) is 42.9 Å². The van der Waals surface area contributed by atoms with Gasteiger partial charge >= 0.3 is 0 Å². The minimum absolute atomic E-state index is 0.166. The molecule has 1 amide bonds. The second-order valence-electron chi connectivity index (χ2n) is 6.14. The van der Waals surface area contributed by atoms with Crippen LogP contribution in [-0.2, 0) is 16.1 Å². The van der Waals surface area contributed by atoms with E-state index in [0.29, 0.717) is 31.3 Å². The molecule has 132 valence electrons. The number of anilines is 1. The number of aromatic nitrogens is 1. The zero-order valence-corrected chi connectivity index (χ0v) is 14.1. The maximum atomic E-state index is 12.4. The molecule has 0 aliphatic carbocycles. The van der Waals surface area contributed by atoms with Crippen LogP contribution < -0.4 is 15.8 Å². The van der Waals surface area contributed by atoms with Gasteiger partial charge in [0.05, 0.1) is 6.04 Å². The summed E-state index contributed by atoms with van der Waals surface area (Å²) in [7, 11) is 0. The van der Waals surface area contributed by atoms with E-state index in [-0.39, 0.29) is 11.8 Å². The van der Waals surface area contributed by atoms with Gasteiger partial charge in [-0.25, -0.2) is 0 Å². The van der Waals surface area contributed by atoms with Gasteiger partial charge in [0.1, 0.15) is 12.4 Å². The van der Waals surface area contributed by atoms with Crippen LogP contribution in [0.1, 0.15) is 18.4 Å². The number of benzene rings is 1. The van der Waals surface area contributed by atoms with Crippen molar-refractivity contribution in [3.05, 3.63) is 54.4 Å². The van der Waals surface area contributed by atoms with Crippen molar-refractivity contribution in [1.82, 2.24) is 4.98 Å². The molecule has 0 radical (unpaired) electrons. The van der Waals surface area contributed by atoms with E-state index in [2.05, 4.69) is 10.3 Å². The van der Waals surface area contributed by atoms with Gasteiger partial charge in [-0.05, 0) is 37.0 Å². The van der Waals surface area contributed by atoms with Gasteiger partial charge in [-0.1, -0.05) is 12.1 Å². The third-order valence-corrected chi connectivity index (χ3v) is 4.31. The van der Waals surface area contributed by atoms with Crippen molar-refractivity contribution in [2.75, 3.05) is 18.5 Å². The summed E-state index contributed by atoms with van der Waals surface area (Å²) in [6, 6.07) is 10.6. The molecular formula is C19H23N3O3. The second-order valence-corrected chi connectivity index (χ2v) is 6.14. The average Bonchev–Trinajstić information content (AvgIpc) is 2.67. The number of carbonyl (C=O) groups excluding carboxylic acids is 1. The molecule has 1 aromatic heterocycles. The summed E-state index contributed by atoms with van der Waals surface area (Å²) in [6.45, 7) is 1.76. The van der Waals surface area contributed by atoms with Crippen molar-refractivity contribution < 1.29 is 14.3 Å². The van der Waals surface area contributed by atoms with Crippen molar-refractivity contribution in [3.8, 4) is 5.75 Å². The molecule has 1 atom stereocenters. The first kappa shape index (κ1) is 17.4. The van der Waals surface area contributed by atoms with Crippen LogP contribution >= 0.6 is 0 Å². The summed E-state index contributed by atoms with van der Waals surface area (Å²) in [5.74, 6) is 0.677. The highest BCUT2D eigenvalue weighted by molar-refractivity contribution is 5.95. The van der Waals surface area contributed by atoms with E-state index in [1.165, 1.54) is 0 Å². The van der Waals surface area contributed by atoms with Gasteiger partial charge in [-0.3, -0.25) is 9.78 Å². The SMILES string of the molecule is NC(C(=O)Nc1cccc(OCc2cccnc2)c1)C1CCOCC1. The van der Waals surface area contributed by atoms with E-state index < -0.39 is 6.04 Å². The van der Waals surface area contributed by atoms with Crippen LogP contribution in [0.3, 0.4) is 0 Å². The van der Waals surface area contributed by atoms with E-state index in [0.717, 1.165) is 18.4 Å². The van der Waals surface area contributed by atoms with E-state index in [1.54, 1.807) is 18.5 Å². The van der Waals surface area contributed by atoms with Crippen molar-refractivity contribution in [1.29, 1.82) is 0 Å². The molecule has 0 saturated carbocycles. The molecule has 2 heterocycles. The summed E-state index contributed by atoms with van der Waals surface area (Å²) in [5, 5.41) is 2.88. The number of nitrogens with zero attached hydrogens (tertiary/aromatic N) is 1. The first-order valence-electron chi connectivity index (χ1n) is 8.48. The second kappa shape index (κ2) is 8.60. The molecule has 3 N–H and O–H groups in total. The van der Waals surface area contributed by atoms with E-state index in [9.17, 15) is 4.79 Å². The summed E-state index contributed by atoms with van der Waals surface area (Å²) < 4.78 is 11.1. The number of nitrogens with one attached hydrogen (secondary N) is 1. The Labute approximate surface area is 147 Å². The standard InChI is InChI=1S/C19H23N3O3/c20-18(15-6-9-24-10-7-15)19(23)22-16-4-1-5-17(11-16)25-13-14-3-2-8-21-12-14/h1-5,8,11-12,15,18H,6-7,9-10,13,20H2,(H,22,23). The quantitative estimate of drug-likeness (QED) is 0.842. The van der Waals surface area contributed by atoms with Crippen molar-refractivity contribution in [3.63, 3.8) is 0 Å². The number of rotatable bonds is 6. The average molecular weight is 341 g/mol. The number of nitrogens with two attached hydrogens (primary N) is 1. The molecule has 3 rings (SSSR count). The summed E-state index contributed by atoms with van der Waals surface area (Å²) >= 11 is 0. The van der Waals surface area contributed by atoms with Gasteiger partial charge in [0.15, 0.2) is 0 Å². The van der Waals surface area contributed by atoms with Crippen molar-refractivity contribution in [2.45, 2.75) is 25.5 Å². The van der Waals surface area contributed by atoms with Crippen LogP contribution in [0.2, 0.25) is 0 Å². The van der Waals surface area contributed by atoms with E-state index in [4.69, 9.17) is 15.2 Å². The summed E-state index contributed by atoms with van der Waals surface area (Å²) in [4.78, 5) is 16.4. The van der Waals surface area contributed by atoms with Crippen molar-refractivity contribution >= 4 is 11.6 Å². The lowest BCUT2D eigenvalue weighted by molar-refractivity contribution is -0.119. The molecule has 1 saturated heterocycles. The fourth-order valence-electron chi connectivity index (χ4n) is 2.83. The van der Waals surface area contributed by atoms with Crippen LogP contribution in [0.5, 0.6) is 5.75 Å². The number of hydrogen-bond donors (Lipinski definition) is 2. The molecule has 6 heteroatoms. The fraction of sp³-hybridized carbons (Fsp3) is 0.368. The maximum absolute atomic E-state index is 12.4. The van der Waals surface area contributed by atoms with Gasteiger partial charge < -0.3 is 20.5 Å². The van der Waals surface area contributed by atoms with Gasteiger partial charge in [0.25, 0.3) is 0 Å². The first-order chi connectivity index (χ1) is 12.2. The third kappa shape index (κ3) is 5.01. The lowest BCUT2D eigenvalue weighted by atomic mass is 9.92. The first-order valence-corrected chi connectivity index (χ1v) is 8.48. The smallest absolute Gasteiger partial charge is 0.241 e. The Hall–Kier alpha value is -2.44. The van der Waals surface area contributed by atoms with Gasteiger partial charge in [0.2, 0.25) is 5.91 Å². The Morgan fingerprint density at radius 3 is 2.92 bits per heavy atom. The Morgan fingerprint density at radius 2 is 2.16 bits per heavy atom. The Kier molecular flexibility index (Phi) is 5.98. The maximum Gasteiger partial charge on any atom is 0.241 e.